The average Bonchev–Trinajstić information content (AvgIpc) is 1.93. The van der Waals surface area contributed by atoms with Crippen LogP contribution in [0.25, 0.3) is 0 Å². The zero-order chi connectivity index (χ0) is 7.72. The number of hydrogen-bond acceptors (Lipinski definition) is 5. The Morgan fingerprint density at radius 2 is 1.90 bits per heavy atom. The monoisotopic (exact) mass is 149 g/mol. The Labute approximate surface area is 58.0 Å². The van der Waals surface area contributed by atoms with Crippen molar-refractivity contribution in [3.05, 3.63) is 0 Å². The smallest absolute Gasteiger partial charge is 0.182 e. The van der Waals surface area contributed by atoms with Crippen LogP contribution in [0.4, 0.5) is 0 Å². The standard InChI is InChI=1S/C5H11NO4/c6-3-2(7)1-10-5(9)4(3)8/h2-5,7-9H,1,6H2/t2-,3-,4+,5-/m1/s1. The zero-order valence-corrected chi connectivity index (χ0v) is 5.34. The summed E-state index contributed by atoms with van der Waals surface area (Å²) in [6.45, 7) is -0.0284. The SMILES string of the molecule is N[C@H]1[C@H](O)[C@H](O)OC[C@H]1O. The summed E-state index contributed by atoms with van der Waals surface area (Å²) < 4.78 is 4.55. The number of hydrogen-bond donors (Lipinski definition) is 4. The van der Waals surface area contributed by atoms with Crippen molar-refractivity contribution in [2.24, 2.45) is 5.73 Å². The van der Waals surface area contributed by atoms with Crippen LogP contribution in [-0.4, -0.2) is 46.5 Å². The van der Waals surface area contributed by atoms with Crippen LogP contribution in [-0.2, 0) is 4.74 Å². The Bertz CT molecular complexity index is 106. The third-order valence-corrected chi connectivity index (χ3v) is 1.57. The van der Waals surface area contributed by atoms with Gasteiger partial charge in [0.25, 0.3) is 0 Å². The van der Waals surface area contributed by atoms with Gasteiger partial charge in [-0.15, -0.1) is 0 Å². The highest BCUT2D eigenvalue weighted by atomic mass is 16.6. The van der Waals surface area contributed by atoms with Crippen molar-refractivity contribution in [1.29, 1.82) is 0 Å². The molecule has 1 fully saturated rings. The predicted octanol–water partition coefficient (Wildman–Crippen LogP) is -2.62. The van der Waals surface area contributed by atoms with Crippen LogP contribution < -0.4 is 5.73 Å². The number of ether oxygens (including phenoxy) is 1. The second-order valence-electron chi connectivity index (χ2n) is 2.36. The van der Waals surface area contributed by atoms with E-state index in [1.54, 1.807) is 0 Å². The second kappa shape index (κ2) is 2.81. The molecule has 0 aromatic rings. The van der Waals surface area contributed by atoms with Gasteiger partial charge < -0.3 is 25.8 Å². The van der Waals surface area contributed by atoms with E-state index in [0.29, 0.717) is 0 Å². The molecule has 1 aliphatic rings. The van der Waals surface area contributed by atoms with Gasteiger partial charge in [-0.25, -0.2) is 0 Å². The molecule has 0 aromatic heterocycles. The molecule has 1 rings (SSSR count). The Kier molecular flexibility index (Phi) is 2.22. The van der Waals surface area contributed by atoms with Crippen LogP contribution in [0.15, 0.2) is 0 Å². The number of rotatable bonds is 0. The van der Waals surface area contributed by atoms with Gasteiger partial charge in [0.15, 0.2) is 6.29 Å². The van der Waals surface area contributed by atoms with E-state index in [-0.39, 0.29) is 6.61 Å². The first-order valence-corrected chi connectivity index (χ1v) is 3.04. The Morgan fingerprint density at radius 3 is 2.40 bits per heavy atom. The summed E-state index contributed by atoms with van der Waals surface area (Å²) in [6, 6.07) is -0.816. The molecule has 0 amide bonds. The molecule has 0 unspecified atom stereocenters. The lowest BCUT2D eigenvalue weighted by Gasteiger charge is -2.32. The number of aliphatic hydroxyl groups excluding tert-OH is 3. The van der Waals surface area contributed by atoms with Crippen molar-refractivity contribution in [2.75, 3.05) is 6.61 Å². The molecule has 1 saturated heterocycles. The normalized spacial score (nSPS) is 49.2. The molecule has 0 aromatic carbocycles. The minimum atomic E-state index is -1.27. The average molecular weight is 149 g/mol. The lowest BCUT2D eigenvalue weighted by Crippen LogP contribution is -2.57. The van der Waals surface area contributed by atoms with Crippen LogP contribution >= 0.6 is 0 Å². The summed E-state index contributed by atoms with van der Waals surface area (Å²) in [5.41, 5.74) is 5.27. The molecule has 5 heteroatoms. The predicted molar refractivity (Wildman–Crippen MR) is 31.9 cm³/mol. The van der Waals surface area contributed by atoms with E-state index in [1.165, 1.54) is 0 Å². The van der Waals surface area contributed by atoms with E-state index in [2.05, 4.69) is 4.74 Å². The molecule has 5 nitrogen and oxygen atoms in total. The van der Waals surface area contributed by atoms with Crippen LogP contribution in [0.2, 0.25) is 0 Å². The Hall–Kier alpha value is -0.200. The van der Waals surface area contributed by atoms with E-state index >= 15 is 0 Å². The van der Waals surface area contributed by atoms with Crippen LogP contribution in [0.5, 0.6) is 0 Å². The molecule has 0 spiro atoms. The molecule has 10 heavy (non-hydrogen) atoms. The largest absolute Gasteiger partial charge is 0.389 e. The maximum atomic E-state index is 8.96. The fraction of sp³-hybridized carbons (Fsp3) is 1.00. The summed E-state index contributed by atoms with van der Waals surface area (Å²) in [7, 11) is 0. The van der Waals surface area contributed by atoms with Gasteiger partial charge in [0.1, 0.15) is 6.10 Å². The Balaban J connectivity index is 2.52. The summed E-state index contributed by atoms with van der Waals surface area (Å²) in [5, 5.41) is 26.7. The molecule has 1 heterocycles. The van der Waals surface area contributed by atoms with Crippen molar-refractivity contribution in [1.82, 2.24) is 0 Å². The highest BCUT2D eigenvalue weighted by Crippen LogP contribution is 2.10. The number of nitrogens with two attached hydrogens (primary N) is 1. The maximum Gasteiger partial charge on any atom is 0.182 e. The highest BCUT2D eigenvalue weighted by Gasteiger charge is 2.34. The topological polar surface area (TPSA) is 95.9 Å². The van der Waals surface area contributed by atoms with Gasteiger partial charge in [-0.3, -0.25) is 0 Å². The molecule has 0 aliphatic carbocycles. The first-order valence-electron chi connectivity index (χ1n) is 3.04. The minimum absolute atomic E-state index is 0.0284. The van der Waals surface area contributed by atoms with Gasteiger partial charge in [0.05, 0.1) is 18.8 Å². The molecule has 5 N–H and O–H groups in total. The van der Waals surface area contributed by atoms with E-state index in [4.69, 9.17) is 21.1 Å². The first-order chi connectivity index (χ1) is 4.63. The van der Waals surface area contributed by atoms with Gasteiger partial charge in [0, 0.05) is 0 Å². The fourth-order valence-corrected chi connectivity index (χ4v) is 0.825. The number of aliphatic hydroxyl groups is 3. The van der Waals surface area contributed by atoms with Crippen LogP contribution in [0.3, 0.4) is 0 Å². The Morgan fingerprint density at radius 1 is 1.30 bits per heavy atom. The van der Waals surface area contributed by atoms with Gasteiger partial charge >= 0.3 is 0 Å². The molecule has 4 atom stereocenters. The summed E-state index contributed by atoms with van der Waals surface area (Å²) in [5.74, 6) is 0. The van der Waals surface area contributed by atoms with Crippen molar-refractivity contribution in [3.63, 3.8) is 0 Å². The third kappa shape index (κ3) is 1.28. The minimum Gasteiger partial charge on any atom is -0.389 e. The van der Waals surface area contributed by atoms with E-state index < -0.39 is 24.5 Å². The van der Waals surface area contributed by atoms with Gasteiger partial charge in [-0.1, -0.05) is 0 Å². The van der Waals surface area contributed by atoms with E-state index in [0.717, 1.165) is 0 Å². The van der Waals surface area contributed by atoms with Gasteiger partial charge in [-0.2, -0.15) is 0 Å². The maximum absolute atomic E-state index is 8.96. The lowest BCUT2D eigenvalue weighted by atomic mass is 10.0. The molecule has 60 valence electrons. The van der Waals surface area contributed by atoms with Crippen molar-refractivity contribution >= 4 is 0 Å². The van der Waals surface area contributed by atoms with Crippen molar-refractivity contribution < 1.29 is 20.1 Å². The summed E-state index contributed by atoms with van der Waals surface area (Å²) in [6.07, 6.45) is -3.35. The van der Waals surface area contributed by atoms with E-state index in [1.807, 2.05) is 0 Å². The third-order valence-electron chi connectivity index (χ3n) is 1.57. The van der Waals surface area contributed by atoms with Crippen molar-refractivity contribution in [3.8, 4) is 0 Å². The summed E-state index contributed by atoms with van der Waals surface area (Å²) >= 11 is 0. The molecule has 0 bridgehead atoms. The van der Waals surface area contributed by atoms with Crippen LogP contribution in [0, 0.1) is 0 Å². The highest BCUT2D eigenvalue weighted by molar-refractivity contribution is 4.84. The van der Waals surface area contributed by atoms with Crippen molar-refractivity contribution in [2.45, 2.75) is 24.5 Å². The molecular formula is C5H11NO4. The summed E-state index contributed by atoms with van der Waals surface area (Å²) in [4.78, 5) is 0. The molecular weight excluding hydrogens is 138 g/mol. The first kappa shape index (κ1) is 7.90. The van der Waals surface area contributed by atoms with E-state index in [9.17, 15) is 0 Å². The second-order valence-corrected chi connectivity index (χ2v) is 2.36. The molecule has 1 aliphatic heterocycles. The molecule has 0 saturated carbocycles. The van der Waals surface area contributed by atoms with Crippen LogP contribution in [0.1, 0.15) is 0 Å². The lowest BCUT2D eigenvalue weighted by molar-refractivity contribution is -0.219. The van der Waals surface area contributed by atoms with Gasteiger partial charge in [-0.05, 0) is 0 Å². The van der Waals surface area contributed by atoms with Gasteiger partial charge in [0.2, 0.25) is 0 Å². The fourth-order valence-electron chi connectivity index (χ4n) is 0.825. The molecule has 0 radical (unpaired) electrons. The zero-order valence-electron chi connectivity index (χ0n) is 5.34. The quantitative estimate of drug-likeness (QED) is 0.302.